The number of esters is 1. The van der Waals surface area contributed by atoms with Crippen LogP contribution in [-0.2, 0) is 9.53 Å². The summed E-state index contributed by atoms with van der Waals surface area (Å²) < 4.78 is 4.91. The molecule has 130 valence electrons. The number of cyclic esters (lactones) is 1. The second-order valence-electron chi connectivity index (χ2n) is 6.51. The minimum Gasteiger partial charge on any atom is -0.424 e. The van der Waals surface area contributed by atoms with Crippen LogP contribution in [0.15, 0.2) is 36.1 Å². The Hall–Kier alpha value is -1.31. The summed E-state index contributed by atoms with van der Waals surface area (Å²) >= 11 is 0. The lowest BCUT2D eigenvalue weighted by Crippen LogP contribution is -1.98. The van der Waals surface area contributed by atoms with Gasteiger partial charge in [-0.1, -0.05) is 70.6 Å². The van der Waals surface area contributed by atoms with Crippen LogP contribution < -0.4 is 0 Å². The Morgan fingerprint density at radius 3 is 2.04 bits per heavy atom. The first-order valence-corrected chi connectivity index (χ1v) is 9.50. The Kier molecular flexibility index (Phi) is 11.3. The highest BCUT2D eigenvalue weighted by molar-refractivity contribution is 5.92. The van der Waals surface area contributed by atoms with E-state index in [-0.39, 0.29) is 5.97 Å². The molecule has 1 aliphatic rings. The molecule has 0 saturated carbocycles. The van der Waals surface area contributed by atoms with Crippen molar-refractivity contribution in [1.29, 1.82) is 0 Å². The van der Waals surface area contributed by atoms with Crippen LogP contribution in [0.4, 0.5) is 0 Å². The molecule has 0 aromatic rings. The van der Waals surface area contributed by atoms with Crippen molar-refractivity contribution in [3.63, 3.8) is 0 Å². The third-order valence-corrected chi connectivity index (χ3v) is 4.28. The SMILES string of the molecule is C=C1C=C(CCCCCCC/C=C\CCCCCCC)C(=O)O1. The van der Waals surface area contributed by atoms with Gasteiger partial charge in [0.15, 0.2) is 0 Å². The van der Waals surface area contributed by atoms with E-state index in [9.17, 15) is 4.79 Å². The molecule has 23 heavy (non-hydrogen) atoms. The van der Waals surface area contributed by atoms with Crippen LogP contribution in [0.2, 0.25) is 0 Å². The van der Waals surface area contributed by atoms with Gasteiger partial charge < -0.3 is 4.74 Å². The second kappa shape index (κ2) is 13.2. The molecular weight excluding hydrogens is 284 g/mol. The number of rotatable bonds is 14. The summed E-state index contributed by atoms with van der Waals surface area (Å²) in [5.41, 5.74) is 0.789. The van der Waals surface area contributed by atoms with E-state index in [2.05, 4.69) is 25.7 Å². The van der Waals surface area contributed by atoms with E-state index < -0.39 is 0 Å². The first-order chi connectivity index (χ1) is 11.2. The maximum atomic E-state index is 11.4. The lowest BCUT2D eigenvalue weighted by atomic mass is 10.0. The number of carbonyl (C=O) groups excluding carboxylic acids is 1. The molecule has 1 rings (SSSR count). The third-order valence-electron chi connectivity index (χ3n) is 4.28. The van der Waals surface area contributed by atoms with Gasteiger partial charge in [0.2, 0.25) is 0 Å². The second-order valence-corrected chi connectivity index (χ2v) is 6.51. The molecule has 0 aliphatic carbocycles. The lowest BCUT2D eigenvalue weighted by Gasteiger charge is -2.01. The molecule has 2 nitrogen and oxygen atoms in total. The Bertz CT molecular complexity index is 404. The summed E-state index contributed by atoms with van der Waals surface area (Å²) in [5.74, 6) is 0.289. The predicted octanol–water partition coefficient (Wildman–Crippen LogP) is 6.63. The van der Waals surface area contributed by atoms with Crippen molar-refractivity contribution >= 4 is 5.97 Å². The molecule has 0 atom stereocenters. The Balaban J connectivity index is 1.84. The number of unbranched alkanes of at least 4 members (excludes halogenated alkanes) is 10. The van der Waals surface area contributed by atoms with Crippen LogP contribution in [0.1, 0.15) is 90.4 Å². The van der Waals surface area contributed by atoms with Gasteiger partial charge in [0, 0.05) is 5.57 Å². The van der Waals surface area contributed by atoms with Crippen LogP contribution in [0.5, 0.6) is 0 Å². The normalized spacial score (nSPS) is 14.6. The molecule has 2 heteroatoms. The van der Waals surface area contributed by atoms with E-state index in [1.807, 2.05) is 0 Å². The highest BCUT2D eigenvalue weighted by Crippen LogP contribution is 2.21. The molecule has 0 radical (unpaired) electrons. The Morgan fingerprint density at radius 2 is 1.48 bits per heavy atom. The van der Waals surface area contributed by atoms with Gasteiger partial charge in [-0.15, -0.1) is 0 Å². The van der Waals surface area contributed by atoms with Gasteiger partial charge in [0.1, 0.15) is 5.76 Å². The van der Waals surface area contributed by atoms with Crippen molar-refractivity contribution in [1.82, 2.24) is 0 Å². The average Bonchev–Trinajstić information content (AvgIpc) is 2.85. The molecule has 0 fully saturated rings. The quantitative estimate of drug-likeness (QED) is 0.204. The zero-order chi connectivity index (χ0) is 16.8. The zero-order valence-corrected chi connectivity index (χ0v) is 14.9. The molecule has 0 amide bonds. The van der Waals surface area contributed by atoms with E-state index in [1.165, 1.54) is 70.6 Å². The minimum atomic E-state index is -0.199. The number of hydrogen-bond donors (Lipinski definition) is 0. The first-order valence-electron chi connectivity index (χ1n) is 9.50. The molecule has 0 aromatic heterocycles. The van der Waals surface area contributed by atoms with Crippen molar-refractivity contribution < 1.29 is 9.53 Å². The van der Waals surface area contributed by atoms with Crippen LogP contribution in [0.3, 0.4) is 0 Å². The van der Waals surface area contributed by atoms with Crippen molar-refractivity contribution in [2.45, 2.75) is 90.4 Å². The highest BCUT2D eigenvalue weighted by Gasteiger charge is 2.18. The largest absolute Gasteiger partial charge is 0.424 e. The molecule has 0 bridgehead atoms. The molecule has 0 unspecified atom stereocenters. The van der Waals surface area contributed by atoms with Gasteiger partial charge in [-0.05, 0) is 44.6 Å². The Morgan fingerprint density at radius 1 is 0.913 bits per heavy atom. The minimum absolute atomic E-state index is 0.199. The molecule has 0 saturated heterocycles. The zero-order valence-electron chi connectivity index (χ0n) is 14.9. The van der Waals surface area contributed by atoms with Crippen LogP contribution >= 0.6 is 0 Å². The fourth-order valence-electron chi connectivity index (χ4n) is 2.85. The number of allylic oxidation sites excluding steroid dienone is 3. The van der Waals surface area contributed by atoms with Crippen LogP contribution in [-0.4, -0.2) is 5.97 Å². The van der Waals surface area contributed by atoms with Crippen LogP contribution in [0.25, 0.3) is 0 Å². The van der Waals surface area contributed by atoms with E-state index in [1.54, 1.807) is 6.08 Å². The molecule has 0 aromatic carbocycles. The van der Waals surface area contributed by atoms with E-state index in [4.69, 9.17) is 4.74 Å². The third kappa shape index (κ3) is 10.1. The molecule has 1 aliphatic heterocycles. The van der Waals surface area contributed by atoms with Crippen LogP contribution in [0, 0.1) is 0 Å². The lowest BCUT2D eigenvalue weighted by molar-refractivity contribution is -0.133. The van der Waals surface area contributed by atoms with Gasteiger partial charge in [0.05, 0.1) is 0 Å². The van der Waals surface area contributed by atoms with Crippen molar-refractivity contribution in [3.8, 4) is 0 Å². The standard InChI is InChI=1S/C21H34O2/c1-3-4-5-6-7-8-9-10-11-12-13-14-15-16-17-20-18-19(2)23-21(20)22/h9-10,18H,2-8,11-17H2,1H3/b10-9-. The molecular formula is C21H34O2. The predicted molar refractivity (Wildman–Crippen MR) is 98.2 cm³/mol. The first kappa shape index (κ1) is 19.7. The smallest absolute Gasteiger partial charge is 0.339 e. The van der Waals surface area contributed by atoms with Crippen molar-refractivity contribution in [2.75, 3.05) is 0 Å². The van der Waals surface area contributed by atoms with Crippen molar-refractivity contribution in [2.24, 2.45) is 0 Å². The fraction of sp³-hybridized carbons (Fsp3) is 0.667. The van der Waals surface area contributed by atoms with E-state index in [0.29, 0.717) is 5.76 Å². The van der Waals surface area contributed by atoms with Gasteiger partial charge in [-0.25, -0.2) is 4.79 Å². The average molecular weight is 319 g/mol. The summed E-state index contributed by atoms with van der Waals surface area (Å²) in [6.45, 7) is 5.91. The summed E-state index contributed by atoms with van der Waals surface area (Å²) in [6.07, 6.45) is 22.7. The molecule has 0 spiro atoms. The van der Waals surface area contributed by atoms with Crippen molar-refractivity contribution in [3.05, 3.63) is 36.1 Å². The maximum Gasteiger partial charge on any atom is 0.339 e. The highest BCUT2D eigenvalue weighted by atomic mass is 16.5. The summed E-state index contributed by atoms with van der Waals surface area (Å²) in [6, 6.07) is 0. The summed E-state index contributed by atoms with van der Waals surface area (Å²) in [5, 5.41) is 0. The number of carbonyl (C=O) groups is 1. The van der Waals surface area contributed by atoms with Gasteiger partial charge in [-0.3, -0.25) is 0 Å². The van der Waals surface area contributed by atoms with E-state index in [0.717, 1.165) is 18.4 Å². The topological polar surface area (TPSA) is 26.3 Å². The van der Waals surface area contributed by atoms with Gasteiger partial charge in [-0.2, -0.15) is 0 Å². The summed E-state index contributed by atoms with van der Waals surface area (Å²) in [4.78, 5) is 11.4. The van der Waals surface area contributed by atoms with Gasteiger partial charge in [0.25, 0.3) is 0 Å². The Labute approximate surface area is 142 Å². The molecule has 1 heterocycles. The van der Waals surface area contributed by atoms with Gasteiger partial charge >= 0.3 is 5.97 Å². The molecule has 0 N–H and O–H groups in total. The number of ether oxygens (including phenoxy) is 1. The summed E-state index contributed by atoms with van der Waals surface area (Å²) in [7, 11) is 0. The fourth-order valence-corrected chi connectivity index (χ4v) is 2.85. The van der Waals surface area contributed by atoms with E-state index >= 15 is 0 Å². The monoisotopic (exact) mass is 318 g/mol. The maximum absolute atomic E-state index is 11.4. The number of hydrogen-bond acceptors (Lipinski definition) is 2.